The van der Waals surface area contributed by atoms with Gasteiger partial charge in [0.25, 0.3) is 0 Å². The van der Waals surface area contributed by atoms with Crippen LogP contribution in [0, 0.1) is 6.92 Å². The molecule has 104 valence electrons. The summed E-state index contributed by atoms with van der Waals surface area (Å²) >= 11 is 11.3. The van der Waals surface area contributed by atoms with Crippen LogP contribution in [0.1, 0.15) is 5.56 Å². The highest BCUT2D eigenvalue weighted by molar-refractivity contribution is 7.80. The molecule has 0 heterocycles. The van der Waals surface area contributed by atoms with E-state index >= 15 is 0 Å². The number of rotatable bonds is 3. The van der Waals surface area contributed by atoms with Crippen LogP contribution < -0.4 is 15.4 Å². The third kappa shape index (κ3) is 3.85. The SMILES string of the molecule is COc1ccc(NC(=S)Nc2cccc(C)c2)cc1Cl. The summed E-state index contributed by atoms with van der Waals surface area (Å²) in [7, 11) is 1.58. The highest BCUT2D eigenvalue weighted by atomic mass is 35.5. The molecule has 0 aliphatic carbocycles. The van der Waals surface area contributed by atoms with Crippen molar-refractivity contribution in [1.82, 2.24) is 0 Å². The Morgan fingerprint density at radius 2 is 1.80 bits per heavy atom. The lowest BCUT2D eigenvalue weighted by Crippen LogP contribution is -2.19. The first-order valence-electron chi connectivity index (χ1n) is 6.06. The molecule has 0 bridgehead atoms. The molecule has 0 saturated carbocycles. The summed E-state index contributed by atoms with van der Waals surface area (Å²) in [6.45, 7) is 2.03. The van der Waals surface area contributed by atoms with E-state index in [0.29, 0.717) is 15.9 Å². The lowest BCUT2D eigenvalue weighted by molar-refractivity contribution is 0.415. The minimum absolute atomic E-state index is 0.511. The summed E-state index contributed by atoms with van der Waals surface area (Å²) in [5, 5.41) is 7.26. The quantitative estimate of drug-likeness (QED) is 0.820. The largest absolute Gasteiger partial charge is 0.495 e. The Labute approximate surface area is 128 Å². The number of benzene rings is 2. The van der Waals surface area contributed by atoms with Crippen LogP contribution in [0.15, 0.2) is 42.5 Å². The van der Waals surface area contributed by atoms with Gasteiger partial charge in [-0.05, 0) is 55.0 Å². The zero-order valence-corrected chi connectivity index (χ0v) is 12.8. The molecule has 0 spiro atoms. The molecule has 2 rings (SSSR count). The Bertz CT molecular complexity index is 631. The molecule has 0 unspecified atom stereocenters. The Balaban J connectivity index is 2.03. The molecule has 0 radical (unpaired) electrons. The van der Waals surface area contributed by atoms with Gasteiger partial charge < -0.3 is 15.4 Å². The molecule has 0 saturated heterocycles. The van der Waals surface area contributed by atoms with Gasteiger partial charge >= 0.3 is 0 Å². The van der Waals surface area contributed by atoms with E-state index in [0.717, 1.165) is 11.4 Å². The first-order chi connectivity index (χ1) is 9.58. The van der Waals surface area contributed by atoms with Crippen LogP contribution in [0.2, 0.25) is 5.02 Å². The topological polar surface area (TPSA) is 33.3 Å². The fraction of sp³-hybridized carbons (Fsp3) is 0.133. The molecule has 0 amide bonds. The number of thiocarbonyl (C=S) groups is 1. The standard InChI is InChI=1S/C15H15ClN2OS/c1-10-4-3-5-11(8-10)17-15(20)18-12-6-7-14(19-2)13(16)9-12/h3-9H,1-2H3,(H2,17,18,20). The number of methoxy groups -OCH3 is 1. The number of hydrogen-bond donors (Lipinski definition) is 2. The van der Waals surface area contributed by atoms with Gasteiger partial charge in [-0.1, -0.05) is 23.7 Å². The van der Waals surface area contributed by atoms with Crippen molar-refractivity contribution in [2.75, 3.05) is 17.7 Å². The monoisotopic (exact) mass is 306 g/mol. The molecule has 0 fully saturated rings. The summed E-state index contributed by atoms with van der Waals surface area (Å²) in [6, 6.07) is 13.4. The average molecular weight is 307 g/mol. The van der Waals surface area contributed by atoms with E-state index in [4.69, 9.17) is 28.6 Å². The molecule has 5 heteroatoms. The molecule has 20 heavy (non-hydrogen) atoms. The molecule has 2 aromatic rings. The maximum atomic E-state index is 6.07. The van der Waals surface area contributed by atoms with Gasteiger partial charge in [-0.2, -0.15) is 0 Å². The van der Waals surface area contributed by atoms with Crippen LogP contribution in [0.3, 0.4) is 0 Å². The van der Waals surface area contributed by atoms with Crippen molar-refractivity contribution < 1.29 is 4.74 Å². The number of nitrogens with one attached hydrogen (secondary N) is 2. The van der Waals surface area contributed by atoms with Crippen molar-refractivity contribution >= 4 is 40.3 Å². The highest BCUT2D eigenvalue weighted by Crippen LogP contribution is 2.27. The van der Waals surface area contributed by atoms with Crippen LogP contribution in [0.25, 0.3) is 0 Å². The first-order valence-corrected chi connectivity index (χ1v) is 6.85. The van der Waals surface area contributed by atoms with Crippen LogP contribution >= 0.6 is 23.8 Å². The average Bonchev–Trinajstić information content (AvgIpc) is 2.38. The zero-order valence-electron chi connectivity index (χ0n) is 11.2. The maximum Gasteiger partial charge on any atom is 0.175 e. The van der Waals surface area contributed by atoms with Crippen LogP contribution in [0.5, 0.6) is 5.75 Å². The lowest BCUT2D eigenvalue weighted by Gasteiger charge is -2.12. The van der Waals surface area contributed by atoms with Crippen molar-refractivity contribution in [2.24, 2.45) is 0 Å². The summed E-state index contributed by atoms with van der Waals surface area (Å²) in [4.78, 5) is 0. The summed E-state index contributed by atoms with van der Waals surface area (Å²) in [5.41, 5.74) is 2.92. The third-order valence-corrected chi connectivity index (χ3v) is 3.19. The van der Waals surface area contributed by atoms with E-state index in [1.165, 1.54) is 5.56 Å². The van der Waals surface area contributed by atoms with Crippen molar-refractivity contribution in [3.05, 3.63) is 53.1 Å². The summed E-state index contributed by atoms with van der Waals surface area (Å²) in [6.07, 6.45) is 0. The molecule has 0 aliphatic heterocycles. The van der Waals surface area contributed by atoms with Crippen molar-refractivity contribution in [3.63, 3.8) is 0 Å². The van der Waals surface area contributed by atoms with Crippen molar-refractivity contribution in [2.45, 2.75) is 6.92 Å². The minimum Gasteiger partial charge on any atom is -0.495 e. The zero-order chi connectivity index (χ0) is 14.5. The Morgan fingerprint density at radius 3 is 2.40 bits per heavy atom. The fourth-order valence-electron chi connectivity index (χ4n) is 1.76. The van der Waals surface area contributed by atoms with E-state index in [1.807, 2.05) is 37.3 Å². The Kier molecular flexibility index (Phi) is 4.82. The van der Waals surface area contributed by atoms with E-state index in [2.05, 4.69) is 10.6 Å². The van der Waals surface area contributed by atoms with Crippen LogP contribution in [0.4, 0.5) is 11.4 Å². The molecule has 2 N–H and O–H groups in total. The van der Waals surface area contributed by atoms with Gasteiger partial charge in [0.15, 0.2) is 5.11 Å². The second kappa shape index (κ2) is 6.59. The van der Waals surface area contributed by atoms with Crippen molar-refractivity contribution in [3.8, 4) is 5.75 Å². The van der Waals surface area contributed by atoms with Gasteiger partial charge in [-0.15, -0.1) is 0 Å². The predicted molar refractivity (Wildman–Crippen MR) is 89.0 cm³/mol. The van der Waals surface area contributed by atoms with Gasteiger partial charge in [0.2, 0.25) is 0 Å². The van der Waals surface area contributed by atoms with Gasteiger partial charge in [0, 0.05) is 11.4 Å². The van der Waals surface area contributed by atoms with Crippen LogP contribution in [-0.4, -0.2) is 12.2 Å². The molecular weight excluding hydrogens is 292 g/mol. The molecule has 0 aromatic heterocycles. The molecular formula is C15H15ClN2OS. The molecule has 2 aromatic carbocycles. The summed E-state index contributed by atoms with van der Waals surface area (Å²) < 4.78 is 5.11. The second-order valence-electron chi connectivity index (χ2n) is 4.30. The van der Waals surface area contributed by atoms with Gasteiger partial charge in [-0.25, -0.2) is 0 Å². The normalized spacial score (nSPS) is 9.95. The number of aryl methyl sites for hydroxylation is 1. The van der Waals surface area contributed by atoms with E-state index < -0.39 is 0 Å². The first kappa shape index (κ1) is 14.6. The van der Waals surface area contributed by atoms with Crippen LogP contribution in [-0.2, 0) is 0 Å². The summed E-state index contributed by atoms with van der Waals surface area (Å²) in [5.74, 6) is 0.634. The van der Waals surface area contributed by atoms with Crippen molar-refractivity contribution in [1.29, 1.82) is 0 Å². The predicted octanol–water partition coefficient (Wildman–Crippen LogP) is 4.47. The maximum absolute atomic E-state index is 6.07. The van der Waals surface area contributed by atoms with Gasteiger partial charge in [0.1, 0.15) is 5.75 Å². The highest BCUT2D eigenvalue weighted by Gasteiger charge is 2.03. The van der Waals surface area contributed by atoms with Gasteiger partial charge in [-0.3, -0.25) is 0 Å². The van der Waals surface area contributed by atoms with Gasteiger partial charge in [0.05, 0.1) is 12.1 Å². The second-order valence-corrected chi connectivity index (χ2v) is 5.11. The molecule has 0 atom stereocenters. The number of hydrogen-bond acceptors (Lipinski definition) is 2. The number of anilines is 2. The number of ether oxygens (including phenoxy) is 1. The van der Waals surface area contributed by atoms with E-state index in [-0.39, 0.29) is 0 Å². The van der Waals surface area contributed by atoms with E-state index in [9.17, 15) is 0 Å². The number of halogens is 1. The molecule has 0 aliphatic rings. The van der Waals surface area contributed by atoms with E-state index in [1.54, 1.807) is 19.2 Å². The lowest BCUT2D eigenvalue weighted by atomic mass is 10.2. The minimum atomic E-state index is 0.511. The smallest absolute Gasteiger partial charge is 0.175 e. The fourth-order valence-corrected chi connectivity index (χ4v) is 2.25. The Morgan fingerprint density at radius 1 is 1.10 bits per heavy atom. The third-order valence-electron chi connectivity index (χ3n) is 2.69. The Hall–Kier alpha value is -1.78. The molecule has 3 nitrogen and oxygen atoms in total.